The van der Waals surface area contributed by atoms with Gasteiger partial charge in [0.05, 0.1) is 5.39 Å². The minimum Gasteiger partial charge on any atom is -0.507 e. The summed E-state index contributed by atoms with van der Waals surface area (Å²) in [5, 5.41) is 61.1. The molecule has 0 bridgehead atoms. The van der Waals surface area contributed by atoms with Crippen molar-refractivity contribution in [1.29, 1.82) is 0 Å². The second-order valence-corrected chi connectivity index (χ2v) is 8.51. The van der Waals surface area contributed by atoms with Gasteiger partial charge in [-0.25, -0.2) is 0 Å². The average molecular weight is 473 g/mol. The van der Waals surface area contributed by atoms with Gasteiger partial charge in [-0.05, 0) is 71.5 Å². The van der Waals surface area contributed by atoms with Crippen LogP contribution in [0.3, 0.4) is 0 Å². The molecule has 4 aromatic carbocycles. The van der Waals surface area contributed by atoms with Gasteiger partial charge in [0.15, 0.2) is 23.0 Å². The number of hydrogen-bond acceptors (Lipinski definition) is 6. The van der Waals surface area contributed by atoms with Gasteiger partial charge < -0.3 is 30.6 Å². The Bertz CT molecular complexity index is 1370. The number of aliphatic hydroxyl groups is 1. The Kier molecular flexibility index (Phi) is 7.13. The van der Waals surface area contributed by atoms with Gasteiger partial charge in [-0.1, -0.05) is 54.6 Å². The largest absolute Gasteiger partial charge is 0.507 e. The third-order valence-corrected chi connectivity index (χ3v) is 6.16. The zero-order valence-electron chi connectivity index (χ0n) is 19.1. The average Bonchev–Trinajstić information content (AvgIpc) is 2.86. The molecule has 0 aliphatic rings. The number of hydrogen-bond donors (Lipinski definition) is 6. The minimum absolute atomic E-state index is 0.141. The molecule has 0 saturated heterocycles. The summed E-state index contributed by atoms with van der Waals surface area (Å²) in [6.45, 7) is 0.155. The highest BCUT2D eigenvalue weighted by molar-refractivity contribution is 6.03. The fraction of sp³-hybridized carbons (Fsp3) is 0.172. The van der Waals surface area contributed by atoms with E-state index in [9.17, 15) is 25.5 Å². The highest BCUT2D eigenvalue weighted by Gasteiger charge is 2.19. The summed E-state index contributed by atoms with van der Waals surface area (Å²) in [6.07, 6.45) is 6.06. The molecule has 0 aliphatic heterocycles. The third-order valence-electron chi connectivity index (χ3n) is 6.16. The SMILES string of the molecule is OCCCc1ccc(CCc2c(O)c(O)c3c(O)cccc3c2C=Cc2ccc(O)c(O)c2)cc1. The molecule has 6 heteroatoms. The Morgan fingerprint density at radius 2 is 1.34 bits per heavy atom. The second kappa shape index (κ2) is 10.4. The maximum absolute atomic E-state index is 10.9. The molecule has 4 rings (SSSR count). The molecule has 180 valence electrons. The molecular formula is C29H28O6. The molecule has 4 aromatic rings. The van der Waals surface area contributed by atoms with Crippen molar-refractivity contribution in [3.63, 3.8) is 0 Å². The molecule has 6 N–H and O–H groups in total. The lowest BCUT2D eigenvalue weighted by atomic mass is 9.91. The van der Waals surface area contributed by atoms with Gasteiger partial charge in [-0.3, -0.25) is 0 Å². The summed E-state index contributed by atoms with van der Waals surface area (Å²) in [6, 6.07) is 17.4. The number of aliphatic hydroxyl groups excluding tert-OH is 1. The molecule has 0 heterocycles. The molecule has 0 saturated carbocycles. The van der Waals surface area contributed by atoms with Crippen LogP contribution in [-0.2, 0) is 19.3 Å². The summed E-state index contributed by atoms with van der Waals surface area (Å²) in [5.41, 5.74) is 4.00. The molecule has 0 aromatic heterocycles. The van der Waals surface area contributed by atoms with Gasteiger partial charge in [-0.15, -0.1) is 0 Å². The van der Waals surface area contributed by atoms with Crippen LogP contribution in [0.1, 0.15) is 34.2 Å². The van der Waals surface area contributed by atoms with E-state index < -0.39 is 0 Å². The van der Waals surface area contributed by atoms with Crippen molar-refractivity contribution in [3.8, 4) is 28.7 Å². The highest BCUT2D eigenvalue weighted by Crippen LogP contribution is 2.45. The second-order valence-electron chi connectivity index (χ2n) is 8.51. The van der Waals surface area contributed by atoms with Crippen LogP contribution in [0.5, 0.6) is 28.7 Å². The maximum Gasteiger partial charge on any atom is 0.169 e. The minimum atomic E-state index is -0.369. The third kappa shape index (κ3) is 5.18. The molecular weight excluding hydrogens is 444 g/mol. The number of benzene rings is 4. The summed E-state index contributed by atoms with van der Waals surface area (Å²) in [7, 11) is 0. The van der Waals surface area contributed by atoms with Gasteiger partial charge in [0.25, 0.3) is 0 Å². The number of fused-ring (bicyclic) bond motifs is 1. The molecule has 0 atom stereocenters. The van der Waals surface area contributed by atoms with Crippen LogP contribution in [0, 0.1) is 0 Å². The van der Waals surface area contributed by atoms with Crippen molar-refractivity contribution < 1.29 is 30.6 Å². The Morgan fingerprint density at radius 1 is 0.629 bits per heavy atom. The van der Waals surface area contributed by atoms with Gasteiger partial charge in [-0.2, -0.15) is 0 Å². The zero-order chi connectivity index (χ0) is 24.9. The Morgan fingerprint density at radius 3 is 2.03 bits per heavy atom. The van der Waals surface area contributed by atoms with Crippen molar-refractivity contribution in [2.24, 2.45) is 0 Å². The van der Waals surface area contributed by atoms with Gasteiger partial charge >= 0.3 is 0 Å². The van der Waals surface area contributed by atoms with Crippen LogP contribution in [-0.4, -0.2) is 37.2 Å². The monoisotopic (exact) mass is 472 g/mol. The first-order valence-corrected chi connectivity index (χ1v) is 11.5. The van der Waals surface area contributed by atoms with E-state index >= 15 is 0 Å². The first-order valence-electron chi connectivity index (χ1n) is 11.5. The quantitative estimate of drug-likeness (QED) is 0.154. The van der Waals surface area contributed by atoms with Crippen LogP contribution in [0.15, 0.2) is 60.7 Å². The van der Waals surface area contributed by atoms with Crippen molar-refractivity contribution in [2.45, 2.75) is 25.7 Å². The van der Waals surface area contributed by atoms with E-state index in [1.165, 1.54) is 18.2 Å². The molecule has 0 unspecified atom stereocenters. The predicted molar refractivity (Wildman–Crippen MR) is 137 cm³/mol. The van der Waals surface area contributed by atoms with Gasteiger partial charge in [0.2, 0.25) is 0 Å². The normalized spacial score (nSPS) is 11.5. The first-order chi connectivity index (χ1) is 16.9. The molecule has 0 spiro atoms. The Hall–Kier alpha value is -4.16. The first kappa shape index (κ1) is 24.0. The zero-order valence-corrected chi connectivity index (χ0v) is 19.1. The summed E-state index contributed by atoms with van der Waals surface area (Å²) in [4.78, 5) is 0. The molecule has 0 fully saturated rings. The summed E-state index contributed by atoms with van der Waals surface area (Å²) >= 11 is 0. The molecule has 0 radical (unpaired) electrons. The van der Waals surface area contributed by atoms with E-state index in [-0.39, 0.29) is 40.7 Å². The van der Waals surface area contributed by atoms with E-state index in [1.807, 2.05) is 24.3 Å². The van der Waals surface area contributed by atoms with Crippen molar-refractivity contribution >= 4 is 22.9 Å². The van der Waals surface area contributed by atoms with Crippen LogP contribution in [0.2, 0.25) is 0 Å². The number of rotatable bonds is 8. The standard InChI is InChI=1S/C29H28O6/c30-16-2-3-18-6-8-19(9-7-18)10-14-23-21(13-11-20-12-15-24(31)26(33)17-20)22-4-1-5-25(32)27(22)29(35)28(23)34/h1,4-9,11-13,15,17,30-35H,2-3,10,14,16H2. The fourth-order valence-corrected chi connectivity index (χ4v) is 4.26. The van der Waals surface area contributed by atoms with Gasteiger partial charge in [0, 0.05) is 12.2 Å². The smallest absolute Gasteiger partial charge is 0.169 e. The number of aryl methyl sites for hydroxylation is 2. The fourth-order valence-electron chi connectivity index (χ4n) is 4.26. The Balaban J connectivity index is 1.73. The lowest BCUT2D eigenvalue weighted by Gasteiger charge is -2.16. The molecule has 6 nitrogen and oxygen atoms in total. The number of phenols is 5. The maximum atomic E-state index is 10.9. The summed E-state index contributed by atoms with van der Waals surface area (Å²) in [5.74, 6) is -1.26. The topological polar surface area (TPSA) is 121 Å². The van der Waals surface area contributed by atoms with Crippen molar-refractivity contribution in [3.05, 3.63) is 88.5 Å². The Labute approximate surface area is 203 Å². The number of phenolic OH excluding ortho intramolecular Hbond substituents is 5. The van der Waals surface area contributed by atoms with Crippen molar-refractivity contribution in [1.82, 2.24) is 0 Å². The van der Waals surface area contributed by atoms with E-state index in [4.69, 9.17) is 5.11 Å². The molecule has 0 amide bonds. The van der Waals surface area contributed by atoms with Crippen LogP contribution < -0.4 is 0 Å². The predicted octanol–water partition coefficient (Wildman–Crippen LogP) is 5.25. The van der Waals surface area contributed by atoms with Crippen LogP contribution in [0.25, 0.3) is 22.9 Å². The highest BCUT2D eigenvalue weighted by atomic mass is 16.3. The lowest BCUT2D eigenvalue weighted by Crippen LogP contribution is -1.98. The number of aromatic hydroxyl groups is 5. The van der Waals surface area contributed by atoms with Crippen LogP contribution in [0.4, 0.5) is 0 Å². The van der Waals surface area contributed by atoms with E-state index in [0.29, 0.717) is 41.3 Å². The summed E-state index contributed by atoms with van der Waals surface area (Å²) < 4.78 is 0. The molecule has 35 heavy (non-hydrogen) atoms. The van der Waals surface area contributed by atoms with Crippen molar-refractivity contribution in [2.75, 3.05) is 6.61 Å². The van der Waals surface area contributed by atoms with E-state index in [0.717, 1.165) is 17.5 Å². The lowest BCUT2D eigenvalue weighted by molar-refractivity contribution is 0.288. The van der Waals surface area contributed by atoms with E-state index in [1.54, 1.807) is 30.4 Å². The van der Waals surface area contributed by atoms with Crippen LogP contribution >= 0.6 is 0 Å². The molecule has 0 aliphatic carbocycles. The van der Waals surface area contributed by atoms with E-state index in [2.05, 4.69) is 0 Å². The van der Waals surface area contributed by atoms with Gasteiger partial charge in [0.1, 0.15) is 5.75 Å².